The molecule has 2 aliphatic heterocycles. The van der Waals surface area contributed by atoms with Gasteiger partial charge in [-0.15, -0.1) is 0 Å². The lowest BCUT2D eigenvalue weighted by atomic mass is 10.2. The summed E-state index contributed by atoms with van der Waals surface area (Å²) >= 11 is 0. The molecule has 2 fully saturated rings. The molecule has 114 valence electrons. The highest BCUT2D eigenvalue weighted by molar-refractivity contribution is 5.76. The van der Waals surface area contributed by atoms with Crippen LogP contribution in [0.15, 0.2) is 0 Å². The van der Waals surface area contributed by atoms with E-state index in [9.17, 15) is 9.59 Å². The SMILES string of the molecule is CN(C)C(=O)N1CCN(C(=O)NCC2CCCO2)CC1. The summed E-state index contributed by atoms with van der Waals surface area (Å²) in [7, 11) is 3.48. The molecule has 2 heterocycles. The number of piperazine rings is 1. The van der Waals surface area contributed by atoms with E-state index in [2.05, 4.69) is 5.32 Å². The van der Waals surface area contributed by atoms with E-state index < -0.39 is 0 Å². The molecule has 0 radical (unpaired) electrons. The van der Waals surface area contributed by atoms with Gasteiger partial charge in [-0.25, -0.2) is 9.59 Å². The zero-order valence-electron chi connectivity index (χ0n) is 12.3. The van der Waals surface area contributed by atoms with Crippen LogP contribution in [0, 0.1) is 0 Å². The fourth-order valence-electron chi connectivity index (χ4n) is 2.50. The molecule has 2 aliphatic rings. The fourth-order valence-corrected chi connectivity index (χ4v) is 2.50. The Kier molecular flexibility index (Phi) is 5.05. The van der Waals surface area contributed by atoms with Crippen molar-refractivity contribution in [2.75, 3.05) is 53.4 Å². The van der Waals surface area contributed by atoms with Gasteiger partial charge in [-0.2, -0.15) is 0 Å². The molecule has 1 unspecified atom stereocenters. The van der Waals surface area contributed by atoms with Crippen LogP contribution in [0.4, 0.5) is 9.59 Å². The minimum absolute atomic E-state index is 0.00409. The van der Waals surface area contributed by atoms with Gasteiger partial charge in [0.15, 0.2) is 0 Å². The third-order valence-corrected chi connectivity index (χ3v) is 3.72. The molecule has 4 amide bonds. The van der Waals surface area contributed by atoms with Gasteiger partial charge in [0.25, 0.3) is 0 Å². The summed E-state index contributed by atoms with van der Waals surface area (Å²) in [6.45, 7) is 3.71. The Morgan fingerprint density at radius 1 is 1.20 bits per heavy atom. The van der Waals surface area contributed by atoms with Crippen LogP contribution in [0.2, 0.25) is 0 Å². The highest BCUT2D eigenvalue weighted by Crippen LogP contribution is 2.11. The lowest BCUT2D eigenvalue weighted by molar-refractivity contribution is 0.104. The Bertz CT molecular complexity index is 348. The lowest BCUT2D eigenvalue weighted by Crippen LogP contribution is -2.55. The molecule has 0 aromatic heterocycles. The van der Waals surface area contributed by atoms with Gasteiger partial charge >= 0.3 is 12.1 Å². The maximum absolute atomic E-state index is 12.0. The molecular formula is C13H24N4O3. The first-order valence-electron chi connectivity index (χ1n) is 7.18. The summed E-state index contributed by atoms with van der Waals surface area (Å²) in [6.07, 6.45) is 2.26. The molecule has 20 heavy (non-hydrogen) atoms. The third-order valence-electron chi connectivity index (χ3n) is 3.72. The maximum Gasteiger partial charge on any atom is 0.319 e. The Morgan fingerprint density at radius 2 is 1.85 bits per heavy atom. The van der Waals surface area contributed by atoms with Crippen molar-refractivity contribution in [3.8, 4) is 0 Å². The van der Waals surface area contributed by atoms with Crippen LogP contribution in [-0.2, 0) is 4.74 Å². The third kappa shape index (κ3) is 3.75. The number of carbonyl (C=O) groups excluding carboxylic acids is 2. The van der Waals surface area contributed by atoms with Crippen LogP contribution < -0.4 is 5.32 Å². The highest BCUT2D eigenvalue weighted by atomic mass is 16.5. The second-order valence-electron chi connectivity index (χ2n) is 5.47. The molecule has 2 saturated heterocycles. The van der Waals surface area contributed by atoms with Crippen molar-refractivity contribution in [2.45, 2.75) is 18.9 Å². The van der Waals surface area contributed by atoms with Gasteiger partial charge in [0.2, 0.25) is 0 Å². The summed E-state index contributed by atoms with van der Waals surface area (Å²) in [6, 6.07) is -0.0538. The van der Waals surface area contributed by atoms with Crippen LogP contribution in [-0.4, -0.2) is 86.3 Å². The first-order chi connectivity index (χ1) is 9.58. The number of ether oxygens (including phenoxy) is 1. The Balaban J connectivity index is 1.70. The van der Waals surface area contributed by atoms with E-state index in [0.29, 0.717) is 32.7 Å². The second kappa shape index (κ2) is 6.78. The molecule has 1 atom stereocenters. The van der Waals surface area contributed by atoms with Crippen molar-refractivity contribution in [1.82, 2.24) is 20.0 Å². The molecule has 0 saturated carbocycles. The minimum atomic E-state index is -0.0579. The fraction of sp³-hybridized carbons (Fsp3) is 0.846. The van der Waals surface area contributed by atoms with Crippen LogP contribution in [0.3, 0.4) is 0 Å². The average molecular weight is 284 g/mol. The lowest BCUT2D eigenvalue weighted by Gasteiger charge is -2.36. The summed E-state index contributed by atoms with van der Waals surface area (Å²) in [4.78, 5) is 28.9. The second-order valence-corrected chi connectivity index (χ2v) is 5.47. The predicted octanol–water partition coefficient (Wildman–Crippen LogP) is 0.174. The number of nitrogens with zero attached hydrogens (tertiary/aromatic N) is 3. The number of amides is 4. The van der Waals surface area contributed by atoms with Gasteiger partial charge in [0, 0.05) is 53.4 Å². The predicted molar refractivity (Wildman–Crippen MR) is 74.6 cm³/mol. The summed E-state index contributed by atoms with van der Waals surface area (Å²) < 4.78 is 5.47. The topological polar surface area (TPSA) is 65.1 Å². The van der Waals surface area contributed by atoms with Gasteiger partial charge in [-0.1, -0.05) is 0 Å². The average Bonchev–Trinajstić information content (AvgIpc) is 2.97. The normalized spacial score (nSPS) is 22.8. The highest BCUT2D eigenvalue weighted by Gasteiger charge is 2.25. The first-order valence-corrected chi connectivity index (χ1v) is 7.18. The monoisotopic (exact) mass is 284 g/mol. The van der Waals surface area contributed by atoms with Gasteiger partial charge in [0.05, 0.1) is 6.10 Å². The molecule has 0 spiro atoms. The molecule has 7 nitrogen and oxygen atoms in total. The van der Waals surface area contributed by atoms with Gasteiger partial charge in [0.1, 0.15) is 0 Å². The number of hydrogen-bond acceptors (Lipinski definition) is 3. The molecule has 0 bridgehead atoms. The maximum atomic E-state index is 12.0. The Hall–Kier alpha value is -1.50. The largest absolute Gasteiger partial charge is 0.376 e. The number of carbonyl (C=O) groups is 2. The minimum Gasteiger partial charge on any atom is -0.376 e. The van der Waals surface area contributed by atoms with Crippen LogP contribution in [0.1, 0.15) is 12.8 Å². The van der Waals surface area contributed by atoms with Crippen molar-refractivity contribution in [2.24, 2.45) is 0 Å². The standard InChI is InChI=1S/C13H24N4O3/c1-15(2)13(19)17-7-5-16(6-8-17)12(18)14-10-11-4-3-9-20-11/h11H,3-10H2,1-2H3,(H,14,18). The zero-order valence-corrected chi connectivity index (χ0v) is 12.3. The molecule has 0 aromatic carbocycles. The van der Waals surface area contributed by atoms with Crippen molar-refractivity contribution >= 4 is 12.1 Å². The van der Waals surface area contributed by atoms with E-state index in [-0.39, 0.29) is 18.2 Å². The first kappa shape index (κ1) is 14.9. The molecule has 0 aliphatic carbocycles. The number of urea groups is 2. The number of rotatable bonds is 2. The molecule has 0 aromatic rings. The molecule has 1 N–H and O–H groups in total. The van der Waals surface area contributed by atoms with Gasteiger partial charge < -0.3 is 24.8 Å². The van der Waals surface area contributed by atoms with Crippen molar-refractivity contribution in [1.29, 1.82) is 0 Å². The van der Waals surface area contributed by atoms with Crippen molar-refractivity contribution in [3.05, 3.63) is 0 Å². The number of hydrogen-bond donors (Lipinski definition) is 1. The molecule has 7 heteroatoms. The molecule has 2 rings (SSSR count). The quantitative estimate of drug-likeness (QED) is 0.786. The van der Waals surface area contributed by atoms with Crippen LogP contribution >= 0.6 is 0 Å². The van der Waals surface area contributed by atoms with Gasteiger partial charge in [-0.05, 0) is 12.8 Å². The van der Waals surface area contributed by atoms with Crippen molar-refractivity contribution in [3.63, 3.8) is 0 Å². The zero-order chi connectivity index (χ0) is 14.5. The van der Waals surface area contributed by atoms with E-state index in [1.165, 1.54) is 0 Å². The summed E-state index contributed by atoms with van der Waals surface area (Å²) in [5.74, 6) is 0. The van der Waals surface area contributed by atoms with E-state index in [1.807, 2.05) is 0 Å². The molecular weight excluding hydrogens is 260 g/mol. The van der Waals surface area contributed by atoms with E-state index in [0.717, 1.165) is 19.4 Å². The van der Waals surface area contributed by atoms with E-state index in [4.69, 9.17) is 4.74 Å². The Morgan fingerprint density at radius 3 is 2.40 bits per heavy atom. The van der Waals surface area contributed by atoms with E-state index >= 15 is 0 Å². The Labute approximate surface area is 119 Å². The summed E-state index contributed by atoms with van der Waals surface area (Å²) in [5, 5.41) is 2.91. The van der Waals surface area contributed by atoms with Crippen molar-refractivity contribution < 1.29 is 14.3 Å². The van der Waals surface area contributed by atoms with Gasteiger partial charge in [-0.3, -0.25) is 0 Å². The smallest absolute Gasteiger partial charge is 0.319 e. The summed E-state index contributed by atoms with van der Waals surface area (Å²) in [5.41, 5.74) is 0. The number of nitrogens with one attached hydrogen (secondary N) is 1. The van der Waals surface area contributed by atoms with Crippen LogP contribution in [0.25, 0.3) is 0 Å². The van der Waals surface area contributed by atoms with Crippen LogP contribution in [0.5, 0.6) is 0 Å². The van der Waals surface area contributed by atoms with E-state index in [1.54, 1.807) is 28.8 Å².